The zero-order valence-electron chi connectivity index (χ0n) is 11.0. The summed E-state index contributed by atoms with van der Waals surface area (Å²) in [6, 6.07) is 3.38. The lowest BCUT2D eigenvalue weighted by molar-refractivity contribution is 0.0695. The third-order valence-corrected chi connectivity index (χ3v) is 3.70. The van der Waals surface area contributed by atoms with E-state index in [1.807, 2.05) is 0 Å². The van der Waals surface area contributed by atoms with Crippen molar-refractivity contribution in [3.05, 3.63) is 23.4 Å². The first-order valence-electron chi connectivity index (χ1n) is 6.49. The van der Waals surface area contributed by atoms with Gasteiger partial charge in [0.05, 0.1) is 11.3 Å². The Balaban J connectivity index is 2.14. The summed E-state index contributed by atoms with van der Waals surface area (Å²) in [5.74, 6) is -0.141. The molecule has 0 aliphatic heterocycles. The number of aryl methyl sites for hydroxylation is 1. The number of anilines is 1. The van der Waals surface area contributed by atoms with Crippen LogP contribution in [-0.4, -0.2) is 21.6 Å². The SMILES string of the molecule is Cc1nc(NC2(C)CCCCC2)ccc1C(=O)O. The van der Waals surface area contributed by atoms with Crippen LogP contribution in [0.15, 0.2) is 12.1 Å². The molecule has 1 aliphatic carbocycles. The van der Waals surface area contributed by atoms with Gasteiger partial charge >= 0.3 is 5.97 Å². The lowest BCUT2D eigenvalue weighted by Crippen LogP contribution is -2.37. The number of nitrogens with zero attached hydrogens (tertiary/aromatic N) is 1. The van der Waals surface area contributed by atoms with E-state index in [-0.39, 0.29) is 11.1 Å². The van der Waals surface area contributed by atoms with Crippen molar-refractivity contribution in [1.82, 2.24) is 4.98 Å². The van der Waals surface area contributed by atoms with Gasteiger partial charge in [-0.1, -0.05) is 19.3 Å². The summed E-state index contributed by atoms with van der Waals surface area (Å²) < 4.78 is 0. The lowest BCUT2D eigenvalue weighted by Gasteiger charge is -2.35. The Morgan fingerprint density at radius 1 is 1.33 bits per heavy atom. The number of carbonyl (C=O) groups is 1. The molecule has 0 saturated heterocycles. The monoisotopic (exact) mass is 248 g/mol. The number of hydrogen-bond acceptors (Lipinski definition) is 3. The third-order valence-electron chi connectivity index (χ3n) is 3.70. The highest BCUT2D eigenvalue weighted by molar-refractivity contribution is 5.89. The molecule has 0 amide bonds. The number of aromatic carboxylic acids is 1. The second-order valence-corrected chi connectivity index (χ2v) is 5.38. The van der Waals surface area contributed by atoms with Crippen molar-refractivity contribution in [3.63, 3.8) is 0 Å². The molecule has 0 bridgehead atoms. The first kappa shape index (κ1) is 12.9. The van der Waals surface area contributed by atoms with Gasteiger partial charge in [0, 0.05) is 5.54 Å². The van der Waals surface area contributed by atoms with E-state index in [0.29, 0.717) is 5.69 Å². The van der Waals surface area contributed by atoms with Crippen LogP contribution in [0.2, 0.25) is 0 Å². The Bertz CT molecular complexity index is 451. The summed E-state index contributed by atoms with van der Waals surface area (Å²) in [4.78, 5) is 15.3. The van der Waals surface area contributed by atoms with Crippen LogP contribution >= 0.6 is 0 Å². The van der Waals surface area contributed by atoms with Crippen molar-refractivity contribution < 1.29 is 9.90 Å². The van der Waals surface area contributed by atoms with E-state index in [1.165, 1.54) is 19.3 Å². The van der Waals surface area contributed by atoms with Gasteiger partial charge in [-0.25, -0.2) is 9.78 Å². The van der Waals surface area contributed by atoms with E-state index in [4.69, 9.17) is 5.11 Å². The summed E-state index contributed by atoms with van der Waals surface area (Å²) >= 11 is 0. The van der Waals surface area contributed by atoms with Crippen molar-refractivity contribution in [2.75, 3.05) is 5.32 Å². The molecule has 1 heterocycles. The number of aromatic nitrogens is 1. The largest absolute Gasteiger partial charge is 0.478 e. The average Bonchev–Trinajstić information content (AvgIpc) is 2.28. The number of pyridine rings is 1. The molecular formula is C14H20N2O2. The molecule has 98 valence electrons. The van der Waals surface area contributed by atoms with E-state index in [1.54, 1.807) is 19.1 Å². The fraction of sp³-hybridized carbons (Fsp3) is 0.571. The maximum absolute atomic E-state index is 10.9. The molecule has 1 aliphatic rings. The van der Waals surface area contributed by atoms with Gasteiger partial charge in [-0.05, 0) is 38.8 Å². The van der Waals surface area contributed by atoms with Gasteiger partial charge in [0.2, 0.25) is 0 Å². The predicted octanol–water partition coefficient (Wildman–Crippen LogP) is 3.22. The van der Waals surface area contributed by atoms with Gasteiger partial charge in [-0.2, -0.15) is 0 Å². The van der Waals surface area contributed by atoms with E-state index in [2.05, 4.69) is 17.2 Å². The number of hydrogen-bond donors (Lipinski definition) is 2. The maximum Gasteiger partial charge on any atom is 0.337 e. The molecule has 2 rings (SSSR count). The standard InChI is InChI=1S/C14H20N2O2/c1-10-11(13(17)18)6-7-12(15-10)16-14(2)8-4-3-5-9-14/h6-7H,3-5,8-9H2,1-2H3,(H,15,16)(H,17,18). The van der Waals surface area contributed by atoms with Crippen molar-refractivity contribution in [2.24, 2.45) is 0 Å². The lowest BCUT2D eigenvalue weighted by atomic mass is 9.83. The van der Waals surface area contributed by atoms with Gasteiger partial charge in [0.25, 0.3) is 0 Å². The smallest absolute Gasteiger partial charge is 0.337 e. The zero-order chi connectivity index (χ0) is 13.2. The molecule has 4 nitrogen and oxygen atoms in total. The molecule has 1 saturated carbocycles. The van der Waals surface area contributed by atoms with Crippen LogP contribution in [0.3, 0.4) is 0 Å². The fourth-order valence-electron chi connectivity index (χ4n) is 2.62. The number of nitrogens with one attached hydrogen (secondary N) is 1. The van der Waals surface area contributed by atoms with Gasteiger partial charge < -0.3 is 10.4 Å². The number of carboxylic acid groups (broad SMARTS) is 1. The van der Waals surface area contributed by atoms with Crippen molar-refractivity contribution >= 4 is 11.8 Å². The molecule has 0 spiro atoms. The first-order chi connectivity index (χ1) is 8.50. The van der Waals surface area contributed by atoms with E-state index >= 15 is 0 Å². The number of rotatable bonds is 3. The summed E-state index contributed by atoms with van der Waals surface area (Å²) in [5.41, 5.74) is 0.934. The van der Waals surface area contributed by atoms with Gasteiger partial charge in [-0.15, -0.1) is 0 Å². The predicted molar refractivity (Wildman–Crippen MR) is 71.0 cm³/mol. The molecule has 1 aromatic heterocycles. The summed E-state index contributed by atoms with van der Waals surface area (Å²) in [5, 5.41) is 12.4. The van der Waals surface area contributed by atoms with Crippen molar-refractivity contribution in [1.29, 1.82) is 0 Å². The highest BCUT2D eigenvalue weighted by Gasteiger charge is 2.26. The first-order valence-corrected chi connectivity index (χ1v) is 6.49. The topological polar surface area (TPSA) is 62.2 Å². The minimum Gasteiger partial charge on any atom is -0.478 e. The molecular weight excluding hydrogens is 228 g/mol. The normalized spacial score (nSPS) is 18.3. The second-order valence-electron chi connectivity index (χ2n) is 5.38. The van der Waals surface area contributed by atoms with E-state index in [9.17, 15) is 4.79 Å². The average molecular weight is 248 g/mol. The van der Waals surface area contributed by atoms with Gasteiger partial charge in [0.15, 0.2) is 0 Å². The highest BCUT2D eigenvalue weighted by atomic mass is 16.4. The fourth-order valence-corrected chi connectivity index (χ4v) is 2.62. The Morgan fingerprint density at radius 3 is 2.56 bits per heavy atom. The Hall–Kier alpha value is -1.58. The van der Waals surface area contributed by atoms with Crippen LogP contribution in [-0.2, 0) is 0 Å². The molecule has 0 atom stereocenters. The van der Waals surface area contributed by atoms with Gasteiger partial charge in [0.1, 0.15) is 5.82 Å². The van der Waals surface area contributed by atoms with Crippen LogP contribution in [0.25, 0.3) is 0 Å². The summed E-state index contributed by atoms with van der Waals surface area (Å²) in [7, 11) is 0. The van der Waals surface area contributed by atoms with Crippen molar-refractivity contribution in [2.45, 2.75) is 51.5 Å². The molecule has 4 heteroatoms. The van der Waals surface area contributed by atoms with Crippen LogP contribution in [0.5, 0.6) is 0 Å². The molecule has 0 radical (unpaired) electrons. The molecule has 1 aromatic rings. The van der Waals surface area contributed by atoms with Crippen LogP contribution in [0.4, 0.5) is 5.82 Å². The van der Waals surface area contributed by atoms with Crippen LogP contribution < -0.4 is 5.32 Å². The Kier molecular flexibility index (Phi) is 3.55. The molecule has 2 N–H and O–H groups in total. The quantitative estimate of drug-likeness (QED) is 0.862. The summed E-state index contributed by atoms with van der Waals surface area (Å²) in [6.45, 7) is 3.95. The van der Waals surface area contributed by atoms with Gasteiger partial charge in [-0.3, -0.25) is 0 Å². The molecule has 0 aromatic carbocycles. The molecule has 18 heavy (non-hydrogen) atoms. The van der Waals surface area contributed by atoms with E-state index < -0.39 is 5.97 Å². The zero-order valence-corrected chi connectivity index (χ0v) is 11.0. The molecule has 0 unspecified atom stereocenters. The van der Waals surface area contributed by atoms with E-state index in [0.717, 1.165) is 18.7 Å². The minimum atomic E-state index is -0.921. The molecule has 1 fully saturated rings. The Morgan fingerprint density at radius 2 is 2.00 bits per heavy atom. The third kappa shape index (κ3) is 2.81. The minimum absolute atomic E-state index is 0.0996. The second kappa shape index (κ2) is 4.96. The van der Waals surface area contributed by atoms with Crippen molar-refractivity contribution in [3.8, 4) is 0 Å². The highest BCUT2D eigenvalue weighted by Crippen LogP contribution is 2.30. The summed E-state index contributed by atoms with van der Waals surface area (Å²) in [6.07, 6.45) is 6.09. The van der Waals surface area contributed by atoms with Crippen LogP contribution in [0.1, 0.15) is 55.1 Å². The number of carboxylic acids is 1. The van der Waals surface area contributed by atoms with Crippen LogP contribution in [0, 0.1) is 6.92 Å². The maximum atomic E-state index is 10.9. The Labute approximate surface area is 107 Å².